The number of benzene rings is 2. The zero-order chi connectivity index (χ0) is 20.4. The Hall–Kier alpha value is -3.27. The summed E-state index contributed by atoms with van der Waals surface area (Å²) in [5.74, 6) is -0.699. The average molecular weight is 448 g/mol. The number of non-ortho nitro benzene ring substituents is 1. The van der Waals surface area contributed by atoms with Gasteiger partial charge in [-0.1, -0.05) is 22.0 Å². The summed E-state index contributed by atoms with van der Waals surface area (Å²) in [4.78, 5) is 34.0. The molecule has 1 amide bonds. The minimum absolute atomic E-state index is 0.0395. The van der Waals surface area contributed by atoms with Gasteiger partial charge in [-0.3, -0.25) is 19.7 Å². The smallest absolute Gasteiger partial charge is 0.308 e. The normalized spacial score (nSPS) is 15.6. The van der Waals surface area contributed by atoms with Gasteiger partial charge in [-0.15, -0.1) is 5.10 Å². The first-order chi connectivity index (χ1) is 13.3. The van der Waals surface area contributed by atoms with Crippen LogP contribution in [0.3, 0.4) is 0 Å². The van der Waals surface area contributed by atoms with E-state index in [1.54, 1.807) is 24.3 Å². The maximum atomic E-state index is 12.1. The van der Waals surface area contributed by atoms with Crippen LogP contribution in [-0.2, 0) is 14.3 Å². The lowest BCUT2D eigenvalue weighted by Gasteiger charge is -2.21. The van der Waals surface area contributed by atoms with Crippen LogP contribution in [0.2, 0.25) is 0 Å². The monoisotopic (exact) mass is 447 g/mol. The molecule has 2 aromatic carbocycles. The summed E-state index contributed by atoms with van der Waals surface area (Å²) in [6.45, 7) is 2.56. The van der Waals surface area contributed by atoms with Crippen molar-refractivity contribution in [1.29, 1.82) is 0 Å². The van der Waals surface area contributed by atoms with Crippen LogP contribution in [0, 0.1) is 10.1 Å². The molecule has 0 fully saturated rings. The van der Waals surface area contributed by atoms with Gasteiger partial charge in [0, 0.05) is 36.0 Å². The highest BCUT2D eigenvalue weighted by molar-refractivity contribution is 9.10. The van der Waals surface area contributed by atoms with Gasteiger partial charge in [-0.05, 0) is 24.3 Å². The Balaban J connectivity index is 2.02. The number of hydrogen-bond donors (Lipinski definition) is 0. The van der Waals surface area contributed by atoms with Crippen molar-refractivity contribution >= 4 is 39.4 Å². The van der Waals surface area contributed by atoms with Crippen molar-refractivity contribution < 1.29 is 24.0 Å². The summed E-state index contributed by atoms with van der Waals surface area (Å²) in [6, 6.07) is 10.6. The lowest BCUT2D eigenvalue weighted by atomic mass is 10.1. The number of nitro groups is 1. The second-order valence-corrected chi connectivity index (χ2v) is 6.74. The highest BCUT2D eigenvalue weighted by Gasteiger charge is 2.35. The number of nitro benzene ring substituents is 1. The Bertz CT molecular complexity index is 1010. The number of amides is 1. The van der Waals surface area contributed by atoms with Gasteiger partial charge in [-0.25, -0.2) is 0 Å². The quantitative estimate of drug-likeness (QED) is 0.306. The SMILES string of the molecule is CC(=O)Oc1ccc(Br)cc1[C@@H]1OC(c2cccc([N+](=O)[O-])c2)=NN1C(C)=O. The molecule has 10 heteroatoms. The number of carbonyl (C=O) groups is 2. The number of carbonyl (C=O) groups excluding carboxylic acids is 2. The van der Waals surface area contributed by atoms with E-state index in [9.17, 15) is 19.7 Å². The predicted octanol–water partition coefficient (Wildman–Crippen LogP) is 3.52. The summed E-state index contributed by atoms with van der Waals surface area (Å²) < 4.78 is 11.7. The topological polar surface area (TPSA) is 111 Å². The average Bonchev–Trinajstić information content (AvgIpc) is 3.08. The van der Waals surface area contributed by atoms with E-state index in [4.69, 9.17) is 9.47 Å². The van der Waals surface area contributed by atoms with Crippen molar-refractivity contribution in [3.63, 3.8) is 0 Å². The molecule has 2 aromatic rings. The summed E-state index contributed by atoms with van der Waals surface area (Å²) in [5.41, 5.74) is 0.598. The molecule has 0 unspecified atom stereocenters. The molecule has 28 heavy (non-hydrogen) atoms. The number of rotatable bonds is 4. The van der Waals surface area contributed by atoms with Crippen molar-refractivity contribution in [2.45, 2.75) is 20.1 Å². The Morgan fingerprint density at radius 3 is 2.64 bits per heavy atom. The third-order valence-electron chi connectivity index (χ3n) is 3.76. The van der Waals surface area contributed by atoms with E-state index in [0.29, 0.717) is 15.6 Å². The number of halogens is 1. The van der Waals surface area contributed by atoms with E-state index in [0.717, 1.165) is 5.01 Å². The maximum absolute atomic E-state index is 12.1. The molecule has 1 aliphatic rings. The first-order valence-electron chi connectivity index (χ1n) is 8.04. The van der Waals surface area contributed by atoms with Crippen molar-refractivity contribution in [2.75, 3.05) is 0 Å². The first-order valence-corrected chi connectivity index (χ1v) is 8.83. The lowest BCUT2D eigenvalue weighted by molar-refractivity contribution is -0.384. The Morgan fingerprint density at radius 1 is 1.25 bits per heavy atom. The number of hydrogen-bond acceptors (Lipinski definition) is 7. The standard InChI is InChI=1S/C18H14BrN3O6/c1-10(23)21-18(15-9-13(19)6-7-16(15)27-11(2)24)28-17(20-21)12-4-3-5-14(8-12)22(25)26/h3-9,18H,1-2H3/t18-/m0/s1. The molecular weight excluding hydrogens is 434 g/mol. The van der Waals surface area contributed by atoms with Gasteiger partial charge in [0.15, 0.2) is 0 Å². The molecule has 0 saturated carbocycles. The van der Waals surface area contributed by atoms with Crippen LogP contribution in [0.25, 0.3) is 0 Å². The highest BCUT2D eigenvalue weighted by atomic mass is 79.9. The fourth-order valence-electron chi connectivity index (χ4n) is 2.60. The van der Waals surface area contributed by atoms with Crippen LogP contribution in [0.4, 0.5) is 5.69 Å². The van der Waals surface area contributed by atoms with Crippen molar-refractivity contribution in [3.05, 3.63) is 68.2 Å². The molecule has 1 heterocycles. The Labute approximate surface area is 167 Å². The molecule has 0 aromatic heterocycles. The van der Waals surface area contributed by atoms with Gasteiger partial charge in [0.2, 0.25) is 18.0 Å². The van der Waals surface area contributed by atoms with Crippen molar-refractivity contribution in [1.82, 2.24) is 5.01 Å². The third-order valence-corrected chi connectivity index (χ3v) is 4.26. The number of esters is 1. The second kappa shape index (κ2) is 7.77. The van der Waals surface area contributed by atoms with Crippen LogP contribution in [0.15, 0.2) is 52.0 Å². The van der Waals surface area contributed by atoms with E-state index in [1.807, 2.05) is 0 Å². The number of nitrogens with zero attached hydrogens (tertiary/aromatic N) is 3. The largest absolute Gasteiger partial charge is 0.446 e. The minimum Gasteiger partial charge on any atom is -0.446 e. The minimum atomic E-state index is -1.00. The van der Waals surface area contributed by atoms with Gasteiger partial charge in [0.1, 0.15) is 5.75 Å². The van der Waals surface area contributed by atoms with E-state index < -0.39 is 23.0 Å². The fourth-order valence-corrected chi connectivity index (χ4v) is 2.98. The van der Waals surface area contributed by atoms with Crippen LogP contribution in [0.5, 0.6) is 5.75 Å². The molecule has 0 N–H and O–H groups in total. The molecule has 0 saturated heterocycles. The summed E-state index contributed by atoms with van der Waals surface area (Å²) >= 11 is 3.34. The molecule has 0 spiro atoms. The van der Waals surface area contributed by atoms with Gasteiger partial charge >= 0.3 is 5.97 Å². The van der Waals surface area contributed by atoms with Gasteiger partial charge in [-0.2, -0.15) is 5.01 Å². The van der Waals surface area contributed by atoms with E-state index in [-0.39, 0.29) is 17.3 Å². The zero-order valence-corrected chi connectivity index (χ0v) is 16.4. The van der Waals surface area contributed by atoms with Gasteiger partial charge in [0.25, 0.3) is 5.69 Å². The van der Waals surface area contributed by atoms with Gasteiger partial charge in [0.05, 0.1) is 10.5 Å². The predicted molar refractivity (Wildman–Crippen MR) is 101 cm³/mol. The molecule has 9 nitrogen and oxygen atoms in total. The zero-order valence-electron chi connectivity index (χ0n) is 14.8. The molecule has 0 bridgehead atoms. The van der Waals surface area contributed by atoms with Crippen LogP contribution < -0.4 is 4.74 Å². The maximum Gasteiger partial charge on any atom is 0.308 e. The van der Waals surface area contributed by atoms with Crippen LogP contribution in [0.1, 0.15) is 31.2 Å². The van der Waals surface area contributed by atoms with Crippen LogP contribution >= 0.6 is 15.9 Å². The molecule has 3 rings (SSSR count). The fraction of sp³-hybridized carbons (Fsp3) is 0.167. The summed E-state index contributed by atoms with van der Waals surface area (Å²) in [7, 11) is 0. The summed E-state index contributed by atoms with van der Waals surface area (Å²) in [6.07, 6.45) is -1.00. The Morgan fingerprint density at radius 2 is 2.00 bits per heavy atom. The van der Waals surface area contributed by atoms with Crippen molar-refractivity contribution in [2.24, 2.45) is 5.10 Å². The molecule has 0 radical (unpaired) electrons. The van der Waals surface area contributed by atoms with E-state index in [2.05, 4.69) is 21.0 Å². The number of ether oxygens (including phenoxy) is 2. The van der Waals surface area contributed by atoms with E-state index >= 15 is 0 Å². The Kier molecular flexibility index (Phi) is 5.41. The molecule has 1 atom stereocenters. The highest BCUT2D eigenvalue weighted by Crippen LogP contribution is 2.37. The molecule has 1 aliphatic heterocycles. The second-order valence-electron chi connectivity index (χ2n) is 5.82. The summed E-state index contributed by atoms with van der Waals surface area (Å²) in [5, 5.41) is 16.3. The van der Waals surface area contributed by atoms with Gasteiger partial charge < -0.3 is 9.47 Å². The number of hydrazone groups is 1. The third kappa shape index (κ3) is 4.01. The molecule has 0 aliphatic carbocycles. The van der Waals surface area contributed by atoms with Crippen LogP contribution in [-0.4, -0.2) is 27.7 Å². The lowest BCUT2D eigenvalue weighted by Crippen LogP contribution is -2.26. The first kappa shape index (κ1) is 19.5. The van der Waals surface area contributed by atoms with E-state index in [1.165, 1.54) is 32.0 Å². The molecule has 144 valence electrons. The van der Waals surface area contributed by atoms with Crippen molar-refractivity contribution in [3.8, 4) is 5.75 Å². The molecular formula is C18H14BrN3O6.